The summed E-state index contributed by atoms with van der Waals surface area (Å²) in [5, 5.41) is 0. The number of carbonyl (C=O) groups is 1. The summed E-state index contributed by atoms with van der Waals surface area (Å²) < 4.78 is 13.8. The number of halogens is 2. The van der Waals surface area contributed by atoms with Crippen LogP contribution in [-0.2, 0) is 0 Å². The summed E-state index contributed by atoms with van der Waals surface area (Å²) in [4.78, 5) is 13.7. The van der Waals surface area contributed by atoms with E-state index in [1.54, 1.807) is 37.4 Å². The summed E-state index contributed by atoms with van der Waals surface area (Å²) in [7, 11) is 1.59. The highest BCUT2D eigenvalue weighted by atomic mass is 79.9. The third-order valence-electron chi connectivity index (χ3n) is 2.72. The second kappa shape index (κ2) is 5.40. The third kappa shape index (κ3) is 2.93. The number of nitrogens with two attached hydrogens (primary N) is 1. The van der Waals surface area contributed by atoms with Gasteiger partial charge in [-0.3, -0.25) is 4.79 Å². The van der Waals surface area contributed by atoms with E-state index >= 15 is 0 Å². The molecule has 0 saturated heterocycles. The molecule has 0 spiro atoms. The van der Waals surface area contributed by atoms with Crippen LogP contribution in [0.3, 0.4) is 0 Å². The lowest BCUT2D eigenvalue weighted by molar-refractivity contribution is 0.0992. The number of hydrogen-bond acceptors (Lipinski definition) is 2. The van der Waals surface area contributed by atoms with Crippen molar-refractivity contribution in [1.29, 1.82) is 0 Å². The molecular formula is C14H12BrFN2O. The molecule has 98 valence electrons. The van der Waals surface area contributed by atoms with Crippen molar-refractivity contribution in [3.63, 3.8) is 0 Å². The third-order valence-corrected chi connectivity index (χ3v) is 3.41. The summed E-state index contributed by atoms with van der Waals surface area (Å²) in [5.41, 5.74) is 7.10. The molecule has 0 radical (unpaired) electrons. The second-order valence-corrected chi connectivity index (χ2v) is 4.94. The number of hydrogen-bond donors (Lipinski definition) is 1. The minimum atomic E-state index is -0.385. The van der Waals surface area contributed by atoms with Crippen LogP contribution < -0.4 is 10.6 Å². The van der Waals surface area contributed by atoms with E-state index in [2.05, 4.69) is 15.9 Å². The fourth-order valence-electron chi connectivity index (χ4n) is 1.69. The Hall–Kier alpha value is -1.88. The maximum Gasteiger partial charge on any atom is 0.259 e. The van der Waals surface area contributed by atoms with Crippen LogP contribution in [0.1, 0.15) is 10.4 Å². The van der Waals surface area contributed by atoms with Crippen LogP contribution in [0.15, 0.2) is 46.9 Å². The van der Waals surface area contributed by atoms with Crippen molar-refractivity contribution in [2.24, 2.45) is 0 Å². The highest BCUT2D eigenvalue weighted by molar-refractivity contribution is 9.10. The van der Waals surface area contributed by atoms with Crippen LogP contribution in [0.5, 0.6) is 0 Å². The molecule has 0 atom stereocenters. The molecule has 0 bridgehead atoms. The summed E-state index contributed by atoms with van der Waals surface area (Å²) in [6.07, 6.45) is 0. The lowest BCUT2D eigenvalue weighted by Gasteiger charge is -2.18. The molecule has 2 N–H and O–H groups in total. The largest absolute Gasteiger partial charge is 0.399 e. The van der Waals surface area contributed by atoms with Crippen molar-refractivity contribution in [1.82, 2.24) is 0 Å². The molecule has 2 aromatic carbocycles. The maximum atomic E-state index is 13.2. The van der Waals surface area contributed by atoms with Gasteiger partial charge in [-0.25, -0.2) is 4.39 Å². The van der Waals surface area contributed by atoms with Gasteiger partial charge in [-0.2, -0.15) is 0 Å². The first-order chi connectivity index (χ1) is 8.99. The van der Waals surface area contributed by atoms with Gasteiger partial charge in [0.2, 0.25) is 0 Å². The van der Waals surface area contributed by atoms with Crippen LogP contribution >= 0.6 is 15.9 Å². The van der Waals surface area contributed by atoms with E-state index in [1.807, 2.05) is 0 Å². The molecule has 0 saturated carbocycles. The standard InChI is InChI=1S/C14H12BrFN2O/c1-18(11-4-2-3-9(16)7-11)14(19)12-8-10(17)5-6-13(12)15/h2-8H,17H2,1H3. The Morgan fingerprint density at radius 1 is 1.26 bits per heavy atom. The Morgan fingerprint density at radius 3 is 2.68 bits per heavy atom. The van der Waals surface area contributed by atoms with Gasteiger partial charge in [0.05, 0.1) is 5.56 Å². The van der Waals surface area contributed by atoms with Crippen LogP contribution in [0.2, 0.25) is 0 Å². The Labute approximate surface area is 119 Å². The molecule has 0 heterocycles. The number of benzene rings is 2. The van der Waals surface area contributed by atoms with E-state index in [4.69, 9.17) is 5.73 Å². The molecule has 0 aliphatic rings. The normalized spacial score (nSPS) is 10.3. The molecule has 2 rings (SSSR count). The van der Waals surface area contributed by atoms with E-state index in [0.29, 0.717) is 21.4 Å². The van der Waals surface area contributed by atoms with Crippen molar-refractivity contribution in [2.75, 3.05) is 17.7 Å². The first-order valence-corrected chi connectivity index (χ1v) is 6.37. The molecule has 19 heavy (non-hydrogen) atoms. The van der Waals surface area contributed by atoms with Gasteiger partial charge in [-0.15, -0.1) is 0 Å². The minimum Gasteiger partial charge on any atom is -0.399 e. The van der Waals surface area contributed by atoms with Crippen molar-refractivity contribution in [3.8, 4) is 0 Å². The predicted octanol–water partition coefficient (Wildman–Crippen LogP) is 3.45. The zero-order chi connectivity index (χ0) is 14.0. The van der Waals surface area contributed by atoms with Crippen LogP contribution in [0, 0.1) is 5.82 Å². The lowest BCUT2D eigenvalue weighted by Crippen LogP contribution is -2.26. The van der Waals surface area contributed by atoms with E-state index in [9.17, 15) is 9.18 Å². The van der Waals surface area contributed by atoms with E-state index in [0.717, 1.165) is 0 Å². The van der Waals surface area contributed by atoms with Crippen molar-refractivity contribution in [2.45, 2.75) is 0 Å². The zero-order valence-corrected chi connectivity index (χ0v) is 11.8. The Morgan fingerprint density at radius 2 is 2.00 bits per heavy atom. The lowest BCUT2D eigenvalue weighted by atomic mass is 10.1. The molecule has 5 heteroatoms. The van der Waals surface area contributed by atoms with Gasteiger partial charge in [0.1, 0.15) is 5.82 Å². The van der Waals surface area contributed by atoms with Crippen molar-refractivity contribution < 1.29 is 9.18 Å². The average molecular weight is 323 g/mol. The topological polar surface area (TPSA) is 46.3 Å². The first-order valence-electron chi connectivity index (χ1n) is 5.57. The Balaban J connectivity index is 2.36. The molecular weight excluding hydrogens is 311 g/mol. The van der Waals surface area contributed by atoms with E-state index < -0.39 is 0 Å². The van der Waals surface area contributed by atoms with Crippen LogP contribution in [-0.4, -0.2) is 13.0 Å². The SMILES string of the molecule is CN(C(=O)c1cc(N)ccc1Br)c1cccc(F)c1. The van der Waals surface area contributed by atoms with Gasteiger partial charge in [-0.1, -0.05) is 6.07 Å². The van der Waals surface area contributed by atoms with Gasteiger partial charge in [0, 0.05) is 22.9 Å². The minimum absolute atomic E-state index is 0.259. The zero-order valence-electron chi connectivity index (χ0n) is 10.2. The smallest absolute Gasteiger partial charge is 0.259 e. The molecule has 0 aromatic heterocycles. The first kappa shape index (κ1) is 13.5. The Bertz CT molecular complexity index is 631. The molecule has 0 aliphatic heterocycles. The quantitative estimate of drug-likeness (QED) is 0.861. The fraction of sp³-hybridized carbons (Fsp3) is 0.0714. The highest BCUT2D eigenvalue weighted by Crippen LogP contribution is 2.23. The number of carbonyl (C=O) groups excluding carboxylic acids is 1. The Kier molecular flexibility index (Phi) is 3.85. The van der Waals surface area contributed by atoms with Crippen LogP contribution in [0.25, 0.3) is 0 Å². The molecule has 0 aliphatic carbocycles. The summed E-state index contributed by atoms with van der Waals surface area (Å²) >= 11 is 3.31. The predicted molar refractivity (Wildman–Crippen MR) is 77.7 cm³/mol. The second-order valence-electron chi connectivity index (χ2n) is 4.08. The highest BCUT2D eigenvalue weighted by Gasteiger charge is 2.16. The number of anilines is 2. The van der Waals surface area contributed by atoms with Gasteiger partial charge in [0.15, 0.2) is 0 Å². The molecule has 0 fully saturated rings. The van der Waals surface area contributed by atoms with Gasteiger partial charge in [0.25, 0.3) is 5.91 Å². The summed E-state index contributed by atoms with van der Waals surface area (Å²) in [6, 6.07) is 10.9. The maximum absolute atomic E-state index is 13.2. The van der Waals surface area contributed by atoms with Crippen LogP contribution in [0.4, 0.5) is 15.8 Å². The van der Waals surface area contributed by atoms with Gasteiger partial charge >= 0.3 is 0 Å². The molecule has 3 nitrogen and oxygen atoms in total. The fourth-order valence-corrected chi connectivity index (χ4v) is 2.11. The van der Waals surface area contributed by atoms with E-state index in [-0.39, 0.29) is 11.7 Å². The van der Waals surface area contributed by atoms with Crippen molar-refractivity contribution in [3.05, 3.63) is 58.3 Å². The summed E-state index contributed by atoms with van der Waals surface area (Å²) in [5.74, 6) is -0.645. The number of rotatable bonds is 2. The number of nitrogen functional groups attached to an aromatic ring is 1. The molecule has 0 unspecified atom stereocenters. The monoisotopic (exact) mass is 322 g/mol. The summed E-state index contributed by atoms with van der Waals surface area (Å²) in [6.45, 7) is 0. The molecule has 1 amide bonds. The number of nitrogens with zero attached hydrogens (tertiary/aromatic N) is 1. The number of amides is 1. The van der Waals surface area contributed by atoms with E-state index in [1.165, 1.54) is 17.0 Å². The van der Waals surface area contributed by atoms with Gasteiger partial charge in [-0.05, 0) is 52.3 Å². The molecule has 2 aromatic rings. The van der Waals surface area contributed by atoms with Crippen molar-refractivity contribution >= 4 is 33.2 Å². The van der Waals surface area contributed by atoms with Gasteiger partial charge < -0.3 is 10.6 Å². The average Bonchev–Trinajstić information content (AvgIpc) is 2.40.